The van der Waals surface area contributed by atoms with Gasteiger partial charge in [0.1, 0.15) is 4.90 Å². The van der Waals surface area contributed by atoms with Crippen LogP contribution in [0.25, 0.3) is 0 Å². The first-order chi connectivity index (χ1) is 13.7. The van der Waals surface area contributed by atoms with Gasteiger partial charge in [0.05, 0.1) is 23.8 Å². The zero-order chi connectivity index (χ0) is 21.2. The van der Waals surface area contributed by atoms with Crippen molar-refractivity contribution in [3.05, 3.63) is 63.2 Å². The first kappa shape index (κ1) is 21.2. The van der Waals surface area contributed by atoms with Crippen molar-refractivity contribution >= 4 is 21.4 Å². The van der Waals surface area contributed by atoms with E-state index >= 15 is 0 Å². The summed E-state index contributed by atoms with van der Waals surface area (Å²) in [5.74, 6) is 0. The SMILES string of the molecule is Cc1cccc(C(C)Nc2ccc([N+](=O)[O-])cc2S(=O)(=O)N2CCOCC2)c1C. The third-order valence-corrected chi connectivity index (χ3v) is 7.19. The molecule has 0 bridgehead atoms. The molecule has 1 unspecified atom stereocenters. The van der Waals surface area contributed by atoms with E-state index in [9.17, 15) is 18.5 Å². The van der Waals surface area contributed by atoms with Crippen LogP contribution in [0.5, 0.6) is 0 Å². The second-order valence-electron chi connectivity index (χ2n) is 7.11. The summed E-state index contributed by atoms with van der Waals surface area (Å²) in [4.78, 5) is 10.6. The molecule has 3 rings (SSSR count). The van der Waals surface area contributed by atoms with E-state index in [1.54, 1.807) is 0 Å². The van der Waals surface area contributed by atoms with E-state index in [0.717, 1.165) is 22.8 Å². The molecule has 2 aromatic rings. The Balaban J connectivity index is 2.02. The number of hydrogen-bond acceptors (Lipinski definition) is 6. The van der Waals surface area contributed by atoms with Crippen molar-refractivity contribution < 1.29 is 18.1 Å². The van der Waals surface area contributed by atoms with Crippen LogP contribution in [0.2, 0.25) is 0 Å². The molecule has 1 fully saturated rings. The zero-order valence-electron chi connectivity index (χ0n) is 16.7. The summed E-state index contributed by atoms with van der Waals surface area (Å²) in [6.45, 7) is 7.02. The number of ether oxygens (including phenoxy) is 1. The van der Waals surface area contributed by atoms with Crippen molar-refractivity contribution in [2.75, 3.05) is 31.6 Å². The van der Waals surface area contributed by atoms with Crippen molar-refractivity contribution in [2.24, 2.45) is 0 Å². The molecule has 1 N–H and O–H groups in total. The molecule has 1 heterocycles. The van der Waals surface area contributed by atoms with Crippen LogP contribution in [0.3, 0.4) is 0 Å². The zero-order valence-corrected chi connectivity index (χ0v) is 17.5. The van der Waals surface area contributed by atoms with Gasteiger partial charge in [-0.2, -0.15) is 4.31 Å². The maximum atomic E-state index is 13.2. The fraction of sp³-hybridized carbons (Fsp3) is 0.400. The van der Waals surface area contributed by atoms with Crippen molar-refractivity contribution in [1.29, 1.82) is 0 Å². The minimum absolute atomic E-state index is 0.0919. The summed E-state index contributed by atoms with van der Waals surface area (Å²) in [5, 5.41) is 14.5. The summed E-state index contributed by atoms with van der Waals surface area (Å²) in [7, 11) is -3.91. The Morgan fingerprint density at radius 3 is 2.52 bits per heavy atom. The van der Waals surface area contributed by atoms with Crippen molar-refractivity contribution in [3.63, 3.8) is 0 Å². The van der Waals surface area contributed by atoms with Gasteiger partial charge in [0.25, 0.3) is 5.69 Å². The number of anilines is 1. The van der Waals surface area contributed by atoms with E-state index in [-0.39, 0.29) is 29.7 Å². The molecule has 0 radical (unpaired) electrons. The third-order valence-electron chi connectivity index (χ3n) is 5.25. The number of aryl methyl sites for hydroxylation is 1. The molecule has 1 aliphatic heterocycles. The molecule has 2 aromatic carbocycles. The molecular formula is C20H25N3O5S. The molecule has 1 atom stereocenters. The first-order valence-electron chi connectivity index (χ1n) is 9.41. The highest BCUT2D eigenvalue weighted by atomic mass is 32.2. The van der Waals surface area contributed by atoms with Crippen LogP contribution in [0.1, 0.15) is 29.7 Å². The van der Waals surface area contributed by atoms with E-state index in [2.05, 4.69) is 5.32 Å². The summed E-state index contributed by atoms with van der Waals surface area (Å²) < 4.78 is 33.0. The molecule has 0 aromatic heterocycles. The van der Waals surface area contributed by atoms with Gasteiger partial charge in [-0.25, -0.2) is 8.42 Å². The van der Waals surface area contributed by atoms with Crippen molar-refractivity contribution in [1.82, 2.24) is 4.31 Å². The molecule has 0 aliphatic carbocycles. The topological polar surface area (TPSA) is 102 Å². The van der Waals surface area contributed by atoms with Crippen LogP contribution in [-0.2, 0) is 14.8 Å². The second kappa shape index (κ2) is 8.48. The van der Waals surface area contributed by atoms with Crippen LogP contribution < -0.4 is 5.32 Å². The quantitative estimate of drug-likeness (QED) is 0.569. The van der Waals surface area contributed by atoms with E-state index in [1.165, 1.54) is 16.4 Å². The number of nitrogens with zero attached hydrogens (tertiary/aromatic N) is 2. The highest BCUT2D eigenvalue weighted by Crippen LogP contribution is 2.32. The summed E-state index contributed by atoms with van der Waals surface area (Å²) in [5.41, 5.74) is 3.38. The molecule has 0 saturated carbocycles. The van der Waals surface area contributed by atoms with Gasteiger partial charge in [0.2, 0.25) is 10.0 Å². The largest absolute Gasteiger partial charge is 0.379 e. The molecule has 0 amide bonds. The molecule has 1 saturated heterocycles. The van der Waals surface area contributed by atoms with Crippen molar-refractivity contribution in [2.45, 2.75) is 31.7 Å². The lowest BCUT2D eigenvalue weighted by Gasteiger charge is -2.27. The molecule has 8 nitrogen and oxygen atoms in total. The minimum Gasteiger partial charge on any atom is -0.379 e. The number of sulfonamides is 1. The number of morpholine rings is 1. The van der Waals surface area contributed by atoms with Crippen LogP contribution in [0.4, 0.5) is 11.4 Å². The number of rotatable bonds is 6. The Bertz CT molecular complexity index is 1020. The number of nitrogens with one attached hydrogen (secondary N) is 1. The number of nitro benzene ring substituents is 1. The average Bonchev–Trinajstić information content (AvgIpc) is 2.70. The van der Waals surface area contributed by atoms with Gasteiger partial charge in [0, 0.05) is 31.3 Å². The highest BCUT2D eigenvalue weighted by Gasteiger charge is 2.31. The van der Waals surface area contributed by atoms with Gasteiger partial charge in [-0.05, 0) is 43.5 Å². The fourth-order valence-corrected chi connectivity index (χ4v) is 5.02. The van der Waals surface area contributed by atoms with Gasteiger partial charge in [-0.3, -0.25) is 10.1 Å². The maximum Gasteiger partial charge on any atom is 0.270 e. The molecular weight excluding hydrogens is 394 g/mol. The van der Waals surface area contributed by atoms with E-state index in [0.29, 0.717) is 18.9 Å². The molecule has 9 heteroatoms. The van der Waals surface area contributed by atoms with E-state index < -0.39 is 14.9 Å². The van der Waals surface area contributed by atoms with Gasteiger partial charge in [0.15, 0.2) is 0 Å². The molecule has 1 aliphatic rings. The van der Waals surface area contributed by atoms with Crippen LogP contribution in [0, 0.1) is 24.0 Å². The lowest BCUT2D eigenvalue weighted by molar-refractivity contribution is -0.385. The molecule has 0 spiro atoms. The predicted molar refractivity (Wildman–Crippen MR) is 111 cm³/mol. The van der Waals surface area contributed by atoms with Crippen LogP contribution >= 0.6 is 0 Å². The van der Waals surface area contributed by atoms with Crippen LogP contribution in [0.15, 0.2) is 41.3 Å². The lowest BCUT2D eigenvalue weighted by Crippen LogP contribution is -2.40. The molecule has 156 valence electrons. The first-order valence-corrected chi connectivity index (χ1v) is 10.8. The number of non-ortho nitro benzene ring substituents is 1. The Morgan fingerprint density at radius 2 is 1.86 bits per heavy atom. The normalized spacial score (nSPS) is 16.4. The van der Waals surface area contributed by atoms with Gasteiger partial charge < -0.3 is 10.1 Å². The number of benzene rings is 2. The van der Waals surface area contributed by atoms with Crippen LogP contribution in [-0.4, -0.2) is 43.9 Å². The van der Waals surface area contributed by atoms with Gasteiger partial charge in [-0.15, -0.1) is 0 Å². The van der Waals surface area contributed by atoms with E-state index in [4.69, 9.17) is 4.74 Å². The van der Waals surface area contributed by atoms with Gasteiger partial charge in [-0.1, -0.05) is 18.2 Å². The summed E-state index contributed by atoms with van der Waals surface area (Å²) in [6.07, 6.45) is 0. The smallest absolute Gasteiger partial charge is 0.270 e. The highest BCUT2D eigenvalue weighted by molar-refractivity contribution is 7.89. The Hall–Kier alpha value is -2.49. The second-order valence-corrected chi connectivity index (χ2v) is 9.02. The Labute approximate surface area is 170 Å². The molecule has 29 heavy (non-hydrogen) atoms. The predicted octanol–water partition coefficient (Wildman–Crippen LogP) is 3.41. The minimum atomic E-state index is -3.91. The number of nitro groups is 1. The average molecular weight is 420 g/mol. The van der Waals surface area contributed by atoms with E-state index in [1.807, 2.05) is 39.0 Å². The lowest BCUT2D eigenvalue weighted by atomic mass is 9.98. The van der Waals surface area contributed by atoms with Gasteiger partial charge >= 0.3 is 0 Å². The summed E-state index contributed by atoms with van der Waals surface area (Å²) in [6, 6.07) is 9.69. The standard InChI is InChI=1S/C20H25N3O5S/c1-14-5-4-6-18(15(14)2)16(3)21-19-8-7-17(23(24)25)13-20(19)29(26,27)22-9-11-28-12-10-22/h4-8,13,16,21H,9-12H2,1-3H3. The maximum absolute atomic E-state index is 13.2. The monoisotopic (exact) mass is 419 g/mol. The van der Waals surface area contributed by atoms with Crippen molar-refractivity contribution in [3.8, 4) is 0 Å². The third kappa shape index (κ3) is 4.42. The Morgan fingerprint density at radius 1 is 1.17 bits per heavy atom. The summed E-state index contributed by atoms with van der Waals surface area (Å²) >= 11 is 0. The fourth-order valence-electron chi connectivity index (χ4n) is 3.44. The number of hydrogen-bond donors (Lipinski definition) is 1. The Kier molecular flexibility index (Phi) is 6.21.